The van der Waals surface area contributed by atoms with E-state index in [2.05, 4.69) is 0 Å². The molecule has 5 nitrogen and oxygen atoms in total. The molecule has 0 amide bonds. The van der Waals surface area contributed by atoms with E-state index in [1.54, 1.807) is 52.8 Å². The molecule has 150 valence electrons. The standard InChI is InChI=1S/C21H24ClNO4S/c1-27-21(24)17-9-7-16(8-10-17)15-23(19-5-3-2-4-6-19)28(25,26)20-13-11-18(22)12-14-20/h7-14,19H,2-6,15H2,1H3. The summed E-state index contributed by atoms with van der Waals surface area (Å²) < 4.78 is 33.1. The van der Waals surface area contributed by atoms with Gasteiger partial charge in [-0.15, -0.1) is 0 Å². The summed E-state index contributed by atoms with van der Waals surface area (Å²) in [5.74, 6) is -0.413. The summed E-state index contributed by atoms with van der Waals surface area (Å²) in [4.78, 5) is 11.9. The molecule has 2 aromatic rings. The smallest absolute Gasteiger partial charge is 0.337 e. The Labute approximate surface area is 171 Å². The van der Waals surface area contributed by atoms with Crippen molar-refractivity contribution in [3.63, 3.8) is 0 Å². The van der Waals surface area contributed by atoms with E-state index >= 15 is 0 Å². The number of sulfonamides is 1. The molecule has 1 fully saturated rings. The van der Waals surface area contributed by atoms with E-state index in [9.17, 15) is 13.2 Å². The van der Waals surface area contributed by atoms with Crippen LogP contribution >= 0.6 is 11.6 Å². The predicted octanol–water partition coefficient (Wildman–Crippen LogP) is 4.65. The van der Waals surface area contributed by atoms with E-state index in [4.69, 9.17) is 16.3 Å². The van der Waals surface area contributed by atoms with Gasteiger partial charge in [0.2, 0.25) is 10.0 Å². The third kappa shape index (κ3) is 4.74. The highest BCUT2D eigenvalue weighted by atomic mass is 35.5. The van der Waals surface area contributed by atoms with Gasteiger partial charge in [0, 0.05) is 17.6 Å². The van der Waals surface area contributed by atoms with Crippen molar-refractivity contribution in [3.8, 4) is 0 Å². The Morgan fingerprint density at radius 3 is 2.21 bits per heavy atom. The zero-order valence-electron chi connectivity index (χ0n) is 15.8. The van der Waals surface area contributed by atoms with Crippen molar-refractivity contribution in [1.29, 1.82) is 0 Å². The van der Waals surface area contributed by atoms with Crippen LogP contribution < -0.4 is 0 Å². The van der Waals surface area contributed by atoms with E-state index in [1.807, 2.05) is 0 Å². The fourth-order valence-electron chi connectivity index (χ4n) is 3.57. The summed E-state index contributed by atoms with van der Waals surface area (Å²) in [5, 5.41) is 0.501. The number of nitrogens with zero attached hydrogens (tertiary/aromatic N) is 1. The number of ether oxygens (including phenoxy) is 1. The zero-order chi connectivity index (χ0) is 20.1. The van der Waals surface area contributed by atoms with Crippen LogP contribution in [0.3, 0.4) is 0 Å². The number of hydrogen-bond donors (Lipinski definition) is 0. The number of methoxy groups -OCH3 is 1. The van der Waals surface area contributed by atoms with Crippen molar-refractivity contribution in [2.75, 3.05) is 7.11 Å². The molecule has 28 heavy (non-hydrogen) atoms. The largest absolute Gasteiger partial charge is 0.465 e. The van der Waals surface area contributed by atoms with Crippen LogP contribution in [0.1, 0.15) is 48.0 Å². The second kappa shape index (κ2) is 9.07. The van der Waals surface area contributed by atoms with Crippen LogP contribution in [0, 0.1) is 0 Å². The van der Waals surface area contributed by atoms with Crippen molar-refractivity contribution < 1.29 is 17.9 Å². The van der Waals surface area contributed by atoms with Gasteiger partial charge in [-0.3, -0.25) is 0 Å². The lowest BCUT2D eigenvalue weighted by Gasteiger charge is -2.33. The zero-order valence-corrected chi connectivity index (χ0v) is 17.4. The van der Waals surface area contributed by atoms with Crippen LogP contribution in [-0.2, 0) is 21.3 Å². The highest BCUT2D eigenvalue weighted by molar-refractivity contribution is 7.89. The molecule has 0 radical (unpaired) electrons. The second-order valence-corrected chi connectivity index (χ2v) is 9.31. The van der Waals surface area contributed by atoms with Gasteiger partial charge in [-0.25, -0.2) is 13.2 Å². The van der Waals surface area contributed by atoms with Gasteiger partial charge in [0.25, 0.3) is 0 Å². The highest BCUT2D eigenvalue weighted by Gasteiger charge is 2.32. The Morgan fingerprint density at radius 2 is 1.64 bits per heavy atom. The van der Waals surface area contributed by atoms with Crippen molar-refractivity contribution in [1.82, 2.24) is 4.31 Å². The molecule has 1 aliphatic carbocycles. The quantitative estimate of drug-likeness (QED) is 0.637. The number of esters is 1. The van der Waals surface area contributed by atoms with E-state index in [0.29, 0.717) is 10.6 Å². The number of hydrogen-bond acceptors (Lipinski definition) is 4. The first kappa shape index (κ1) is 20.8. The molecule has 1 aliphatic rings. The first-order chi connectivity index (χ1) is 13.4. The maximum Gasteiger partial charge on any atom is 0.337 e. The molecule has 1 saturated carbocycles. The van der Waals surface area contributed by atoms with E-state index in [1.165, 1.54) is 7.11 Å². The number of benzene rings is 2. The van der Waals surface area contributed by atoms with Crippen LogP contribution in [0.15, 0.2) is 53.4 Å². The number of carbonyl (C=O) groups is 1. The van der Waals surface area contributed by atoms with Gasteiger partial charge < -0.3 is 4.74 Å². The van der Waals surface area contributed by atoms with Gasteiger partial charge in [-0.2, -0.15) is 4.31 Å². The minimum absolute atomic E-state index is 0.0327. The fourth-order valence-corrected chi connectivity index (χ4v) is 5.36. The van der Waals surface area contributed by atoms with Crippen molar-refractivity contribution in [3.05, 3.63) is 64.7 Å². The minimum Gasteiger partial charge on any atom is -0.465 e. The van der Waals surface area contributed by atoms with Crippen LogP contribution in [0.25, 0.3) is 0 Å². The van der Waals surface area contributed by atoms with Crippen LogP contribution in [0.5, 0.6) is 0 Å². The molecule has 7 heteroatoms. The summed E-state index contributed by atoms with van der Waals surface area (Å²) in [6.45, 7) is 0.261. The maximum atomic E-state index is 13.4. The molecule has 0 aliphatic heterocycles. The van der Waals surface area contributed by atoms with Crippen LogP contribution in [0.2, 0.25) is 5.02 Å². The molecule has 0 spiro atoms. The summed E-state index contributed by atoms with van der Waals surface area (Å²) in [6.07, 6.45) is 4.90. The topological polar surface area (TPSA) is 63.7 Å². The molecule has 0 aromatic heterocycles. The Balaban J connectivity index is 1.90. The van der Waals surface area contributed by atoms with Crippen LogP contribution in [-0.4, -0.2) is 31.8 Å². The normalized spacial score (nSPS) is 15.5. The van der Waals surface area contributed by atoms with Gasteiger partial charge in [0.15, 0.2) is 0 Å². The Hall–Kier alpha value is -1.89. The molecular formula is C21H24ClNO4S. The molecule has 3 rings (SSSR count). The Kier molecular flexibility index (Phi) is 6.75. The Morgan fingerprint density at radius 1 is 1.04 bits per heavy atom. The molecule has 0 saturated heterocycles. The molecule has 2 aromatic carbocycles. The van der Waals surface area contributed by atoms with Crippen molar-refractivity contribution in [2.45, 2.75) is 49.6 Å². The van der Waals surface area contributed by atoms with Crippen molar-refractivity contribution in [2.24, 2.45) is 0 Å². The Bertz CT molecular complexity index is 904. The first-order valence-electron chi connectivity index (χ1n) is 9.36. The molecule has 0 N–H and O–H groups in total. The van der Waals surface area contributed by atoms with Gasteiger partial charge in [0.05, 0.1) is 17.6 Å². The van der Waals surface area contributed by atoms with Crippen molar-refractivity contribution >= 4 is 27.6 Å². The van der Waals surface area contributed by atoms with Gasteiger partial charge in [-0.05, 0) is 54.8 Å². The predicted molar refractivity (Wildman–Crippen MR) is 109 cm³/mol. The lowest BCUT2D eigenvalue weighted by atomic mass is 9.95. The van der Waals surface area contributed by atoms with E-state index in [0.717, 1.165) is 37.7 Å². The maximum absolute atomic E-state index is 13.4. The van der Waals surface area contributed by atoms with E-state index in [-0.39, 0.29) is 17.5 Å². The third-order valence-electron chi connectivity index (χ3n) is 5.12. The third-order valence-corrected chi connectivity index (χ3v) is 7.28. The molecule has 0 bridgehead atoms. The SMILES string of the molecule is COC(=O)c1ccc(CN(C2CCCCC2)S(=O)(=O)c2ccc(Cl)cc2)cc1. The summed E-state index contributed by atoms with van der Waals surface area (Å²) in [5.41, 5.74) is 1.27. The molecular weight excluding hydrogens is 398 g/mol. The van der Waals surface area contributed by atoms with Crippen LogP contribution in [0.4, 0.5) is 0 Å². The summed E-state index contributed by atoms with van der Waals surface area (Å²) >= 11 is 5.93. The minimum atomic E-state index is -3.66. The van der Waals surface area contributed by atoms with Gasteiger partial charge in [0.1, 0.15) is 0 Å². The van der Waals surface area contributed by atoms with Gasteiger partial charge >= 0.3 is 5.97 Å². The fraction of sp³-hybridized carbons (Fsp3) is 0.381. The second-order valence-electron chi connectivity index (χ2n) is 6.98. The van der Waals surface area contributed by atoms with Gasteiger partial charge in [-0.1, -0.05) is 43.0 Å². The summed E-state index contributed by atoms with van der Waals surface area (Å²) in [7, 11) is -2.33. The lowest BCUT2D eigenvalue weighted by Crippen LogP contribution is -2.40. The lowest BCUT2D eigenvalue weighted by molar-refractivity contribution is 0.0600. The summed E-state index contributed by atoms with van der Waals surface area (Å²) in [6, 6.07) is 13.1. The molecule has 0 heterocycles. The average molecular weight is 422 g/mol. The number of rotatable bonds is 6. The molecule has 0 atom stereocenters. The van der Waals surface area contributed by atoms with E-state index < -0.39 is 16.0 Å². The first-order valence-corrected chi connectivity index (χ1v) is 11.2. The number of carbonyl (C=O) groups excluding carboxylic acids is 1. The average Bonchev–Trinajstić information content (AvgIpc) is 2.72. The molecule has 0 unspecified atom stereocenters. The number of halogens is 1. The highest BCUT2D eigenvalue weighted by Crippen LogP contribution is 2.30. The monoisotopic (exact) mass is 421 g/mol.